The van der Waals surface area contributed by atoms with E-state index in [9.17, 15) is 9.59 Å². The van der Waals surface area contributed by atoms with Gasteiger partial charge in [-0.05, 0) is 35.9 Å². The molecule has 192 valence electrons. The van der Waals surface area contributed by atoms with Gasteiger partial charge in [0.25, 0.3) is 11.8 Å². The summed E-state index contributed by atoms with van der Waals surface area (Å²) in [4.78, 5) is 28.5. The van der Waals surface area contributed by atoms with Crippen LogP contribution in [0.3, 0.4) is 0 Å². The van der Waals surface area contributed by atoms with Crippen molar-refractivity contribution < 1.29 is 19.1 Å². The fraction of sp³-hybridized carbons (Fsp3) is 0.250. The van der Waals surface area contributed by atoms with E-state index in [0.29, 0.717) is 27.8 Å². The zero-order chi connectivity index (χ0) is 26.4. The lowest BCUT2D eigenvalue weighted by atomic mass is 9.98. The molecule has 0 spiro atoms. The molecule has 0 bridgehead atoms. The standard InChI is InChI=1S/C28H27Cl2N3O4/c1-36-15-14-32(28(35)22-11-4-6-13-24(22)30)18-27(34)33-26(21-10-3-5-12-23(21)29)17-25(31-33)19-8-7-9-20(16-19)37-2/h3-13,16,26H,14-15,17-18H2,1-2H3/t26-/m1/s1. The fourth-order valence-corrected chi connectivity index (χ4v) is 4.68. The number of methoxy groups -OCH3 is 2. The Morgan fingerprint density at radius 1 is 1.00 bits per heavy atom. The molecule has 9 heteroatoms. The minimum absolute atomic E-state index is 0.205. The first kappa shape index (κ1) is 26.7. The number of benzene rings is 3. The maximum absolute atomic E-state index is 13.7. The van der Waals surface area contributed by atoms with Crippen molar-refractivity contribution in [2.45, 2.75) is 12.5 Å². The molecular formula is C28H27Cl2N3O4. The maximum atomic E-state index is 13.7. The van der Waals surface area contributed by atoms with Crippen LogP contribution in [0.25, 0.3) is 0 Å². The molecule has 7 nitrogen and oxygen atoms in total. The Hall–Kier alpha value is -3.39. The summed E-state index contributed by atoms with van der Waals surface area (Å²) < 4.78 is 10.6. The Bertz CT molecular complexity index is 1310. The van der Waals surface area contributed by atoms with Crippen LogP contribution >= 0.6 is 23.2 Å². The molecule has 0 radical (unpaired) electrons. The first-order chi connectivity index (χ1) is 17.9. The molecule has 0 saturated carbocycles. The summed E-state index contributed by atoms with van der Waals surface area (Å²) >= 11 is 12.8. The monoisotopic (exact) mass is 539 g/mol. The number of rotatable bonds is 9. The van der Waals surface area contributed by atoms with Gasteiger partial charge in [0.15, 0.2) is 0 Å². The second-order valence-electron chi connectivity index (χ2n) is 8.46. The van der Waals surface area contributed by atoms with E-state index in [-0.39, 0.29) is 31.5 Å². The molecular weight excluding hydrogens is 513 g/mol. The molecule has 0 aromatic heterocycles. The van der Waals surface area contributed by atoms with E-state index < -0.39 is 6.04 Å². The zero-order valence-electron chi connectivity index (χ0n) is 20.6. The van der Waals surface area contributed by atoms with Crippen LogP contribution in [0.15, 0.2) is 77.9 Å². The largest absolute Gasteiger partial charge is 0.497 e. The Morgan fingerprint density at radius 3 is 2.43 bits per heavy atom. The van der Waals surface area contributed by atoms with E-state index >= 15 is 0 Å². The minimum atomic E-state index is -0.429. The maximum Gasteiger partial charge on any atom is 0.262 e. The first-order valence-electron chi connectivity index (χ1n) is 11.7. The van der Waals surface area contributed by atoms with Crippen molar-refractivity contribution >= 4 is 40.7 Å². The first-order valence-corrected chi connectivity index (χ1v) is 12.5. The van der Waals surface area contributed by atoms with Crippen LogP contribution in [0.5, 0.6) is 5.75 Å². The third kappa shape index (κ3) is 6.13. The molecule has 3 aromatic rings. The smallest absolute Gasteiger partial charge is 0.262 e. The number of carbonyl (C=O) groups is 2. The number of hydrazone groups is 1. The second kappa shape index (κ2) is 12.2. The van der Waals surface area contributed by atoms with E-state index in [1.54, 1.807) is 44.6 Å². The van der Waals surface area contributed by atoms with Crippen LogP contribution in [0, 0.1) is 0 Å². The van der Waals surface area contributed by atoms with Crippen LogP contribution in [0.2, 0.25) is 10.0 Å². The lowest BCUT2D eigenvalue weighted by molar-refractivity contribution is -0.133. The van der Waals surface area contributed by atoms with Gasteiger partial charge in [-0.1, -0.05) is 65.7 Å². The summed E-state index contributed by atoms with van der Waals surface area (Å²) in [6.07, 6.45) is 0.458. The number of nitrogens with zero attached hydrogens (tertiary/aromatic N) is 3. The Morgan fingerprint density at radius 2 is 1.73 bits per heavy atom. The zero-order valence-corrected chi connectivity index (χ0v) is 22.1. The summed E-state index contributed by atoms with van der Waals surface area (Å²) in [7, 11) is 3.14. The highest BCUT2D eigenvalue weighted by atomic mass is 35.5. The molecule has 2 amide bonds. The number of hydrogen-bond acceptors (Lipinski definition) is 5. The number of halogens is 2. The third-order valence-electron chi connectivity index (χ3n) is 6.12. The van der Waals surface area contributed by atoms with Gasteiger partial charge >= 0.3 is 0 Å². The SMILES string of the molecule is COCCN(CC(=O)N1N=C(c2cccc(OC)c2)C[C@@H]1c1ccccc1Cl)C(=O)c1ccccc1Cl. The van der Waals surface area contributed by atoms with Gasteiger partial charge in [0.2, 0.25) is 0 Å². The second-order valence-corrected chi connectivity index (χ2v) is 9.27. The fourth-order valence-electron chi connectivity index (χ4n) is 4.20. The van der Waals surface area contributed by atoms with Crippen molar-refractivity contribution in [2.24, 2.45) is 5.10 Å². The summed E-state index contributed by atoms with van der Waals surface area (Å²) in [6, 6.07) is 21.2. The molecule has 0 aliphatic carbocycles. The van der Waals surface area contributed by atoms with Crippen molar-refractivity contribution in [3.05, 3.63) is 99.5 Å². The molecule has 0 saturated heterocycles. The summed E-state index contributed by atoms with van der Waals surface area (Å²) in [6.45, 7) is 0.266. The predicted octanol–water partition coefficient (Wildman–Crippen LogP) is 5.47. The highest BCUT2D eigenvalue weighted by Crippen LogP contribution is 2.36. The predicted molar refractivity (Wildman–Crippen MR) is 144 cm³/mol. The van der Waals surface area contributed by atoms with Crippen LogP contribution in [0.1, 0.15) is 33.9 Å². The highest BCUT2D eigenvalue weighted by molar-refractivity contribution is 6.33. The molecule has 1 aliphatic heterocycles. The molecule has 0 unspecified atom stereocenters. The Balaban J connectivity index is 1.66. The van der Waals surface area contributed by atoms with Crippen LogP contribution in [0.4, 0.5) is 0 Å². The molecule has 0 fully saturated rings. The van der Waals surface area contributed by atoms with Gasteiger partial charge in [-0.15, -0.1) is 0 Å². The number of carbonyl (C=O) groups excluding carboxylic acids is 2. The minimum Gasteiger partial charge on any atom is -0.497 e. The van der Waals surface area contributed by atoms with Gasteiger partial charge in [0.05, 0.1) is 36.1 Å². The van der Waals surface area contributed by atoms with Gasteiger partial charge in [-0.25, -0.2) is 5.01 Å². The summed E-state index contributed by atoms with van der Waals surface area (Å²) in [5.74, 6) is -0.0174. The van der Waals surface area contributed by atoms with Gasteiger partial charge in [0, 0.05) is 30.7 Å². The molecule has 37 heavy (non-hydrogen) atoms. The van der Waals surface area contributed by atoms with Crippen molar-refractivity contribution in [3.63, 3.8) is 0 Å². The average Bonchev–Trinajstić information content (AvgIpc) is 3.36. The van der Waals surface area contributed by atoms with Gasteiger partial charge in [-0.3, -0.25) is 9.59 Å². The Kier molecular flexibility index (Phi) is 8.82. The quantitative estimate of drug-likeness (QED) is 0.361. The van der Waals surface area contributed by atoms with E-state index in [1.165, 1.54) is 9.91 Å². The normalized spacial score (nSPS) is 14.9. The summed E-state index contributed by atoms with van der Waals surface area (Å²) in [5.41, 5.74) is 2.66. The molecule has 1 atom stereocenters. The van der Waals surface area contributed by atoms with E-state index in [0.717, 1.165) is 16.8 Å². The van der Waals surface area contributed by atoms with Gasteiger partial charge in [-0.2, -0.15) is 5.10 Å². The molecule has 1 aliphatic rings. The van der Waals surface area contributed by atoms with E-state index in [1.807, 2.05) is 42.5 Å². The molecule has 1 heterocycles. The summed E-state index contributed by atoms with van der Waals surface area (Å²) in [5, 5.41) is 6.99. The number of ether oxygens (including phenoxy) is 2. The van der Waals surface area contributed by atoms with Gasteiger partial charge < -0.3 is 14.4 Å². The molecule has 0 N–H and O–H groups in total. The van der Waals surface area contributed by atoms with E-state index in [2.05, 4.69) is 0 Å². The lowest BCUT2D eigenvalue weighted by Gasteiger charge is -2.27. The lowest BCUT2D eigenvalue weighted by Crippen LogP contribution is -2.42. The molecule has 4 rings (SSSR count). The average molecular weight is 540 g/mol. The highest BCUT2D eigenvalue weighted by Gasteiger charge is 2.35. The van der Waals surface area contributed by atoms with E-state index in [4.69, 9.17) is 37.8 Å². The van der Waals surface area contributed by atoms with Crippen LogP contribution in [-0.4, -0.2) is 61.4 Å². The Labute approximate surface area is 226 Å². The van der Waals surface area contributed by atoms with Gasteiger partial charge in [0.1, 0.15) is 12.3 Å². The van der Waals surface area contributed by atoms with Crippen molar-refractivity contribution in [2.75, 3.05) is 33.9 Å². The number of amides is 2. The van der Waals surface area contributed by atoms with Crippen molar-refractivity contribution in [3.8, 4) is 5.75 Å². The molecule has 3 aromatic carbocycles. The van der Waals surface area contributed by atoms with Crippen molar-refractivity contribution in [1.29, 1.82) is 0 Å². The van der Waals surface area contributed by atoms with Crippen LogP contribution < -0.4 is 4.74 Å². The van der Waals surface area contributed by atoms with Crippen LogP contribution in [-0.2, 0) is 9.53 Å². The number of hydrogen-bond donors (Lipinski definition) is 0. The topological polar surface area (TPSA) is 71.4 Å². The third-order valence-corrected chi connectivity index (χ3v) is 6.79. The van der Waals surface area contributed by atoms with Crippen molar-refractivity contribution in [1.82, 2.24) is 9.91 Å².